The maximum Gasteiger partial charge on any atom is 0.234 e. The Hall–Kier alpha value is -1.76. The first-order valence-electron chi connectivity index (χ1n) is 8.58. The van der Waals surface area contributed by atoms with Crippen LogP contribution < -0.4 is 10.6 Å². The van der Waals surface area contributed by atoms with Crippen molar-refractivity contribution in [1.29, 1.82) is 0 Å². The Morgan fingerprint density at radius 3 is 2.80 bits per heavy atom. The summed E-state index contributed by atoms with van der Waals surface area (Å²) >= 11 is 1.47. The number of rotatable bonds is 5. The number of hydrogen-bond donors (Lipinski definition) is 2. The van der Waals surface area contributed by atoms with E-state index in [0.29, 0.717) is 11.7 Å². The van der Waals surface area contributed by atoms with E-state index in [0.717, 1.165) is 37.2 Å². The summed E-state index contributed by atoms with van der Waals surface area (Å²) in [5, 5.41) is 8.97. The number of carbonyl (C=O) groups excluding carboxylic acids is 1. The molecule has 2 N–H and O–H groups in total. The molecule has 3 rings (SSSR count). The number of ether oxygens (including phenoxy) is 1. The minimum atomic E-state index is -0.467. The fourth-order valence-electron chi connectivity index (χ4n) is 3.40. The number of methoxy groups -OCH3 is 1. The van der Waals surface area contributed by atoms with Crippen LogP contribution in [0.25, 0.3) is 11.3 Å². The topological polar surface area (TPSA) is 63.2 Å². The summed E-state index contributed by atoms with van der Waals surface area (Å²) < 4.78 is 5.34. The maximum absolute atomic E-state index is 12.9. The molecule has 0 unspecified atom stereocenters. The molecule has 0 radical (unpaired) electrons. The van der Waals surface area contributed by atoms with Crippen molar-refractivity contribution in [2.24, 2.45) is 5.41 Å². The van der Waals surface area contributed by atoms with Gasteiger partial charge in [0.25, 0.3) is 0 Å². The molecule has 1 saturated heterocycles. The smallest absolute Gasteiger partial charge is 0.234 e. The molecule has 0 bridgehead atoms. The Bertz CT molecular complexity index is 745. The normalized spacial score (nSPS) is 16.6. The lowest BCUT2D eigenvalue weighted by molar-refractivity contribution is -0.130. The van der Waals surface area contributed by atoms with Crippen molar-refractivity contribution in [3.05, 3.63) is 34.7 Å². The van der Waals surface area contributed by atoms with Crippen LogP contribution in [-0.4, -0.2) is 37.7 Å². The molecule has 1 aromatic heterocycles. The highest BCUT2D eigenvalue weighted by Crippen LogP contribution is 2.33. The number of piperidine rings is 1. The second kappa shape index (κ2) is 7.64. The Labute approximate surface area is 152 Å². The Morgan fingerprint density at radius 2 is 2.12 bits per heavy atom. The summed E-state index contributed by atoms with van der Waals surface area (Å²) in [6.45, 7) is 6.28. The summed E-state index contributed by atoms with van der Waals surface area (Å²) in [5.74, 6) is 0.0115. The zero-order chi connectivity index (χ0) is 17.9. The van der Waals surface area contributed by atoms with Crippen molar-refractivity contribution in [2.45, 2.75) is 26.7 Å². The Morgan fingerprint density at radius 1 is 1.36 bits per heavy atom. The highest BCUT2D eigenvalue weighted by Gasteiger charge is 2.40. The molecule has 1 aromatic carbocycles. The van der Waals surface area contributed by atoms with Gasteiger partial charge >= 0.3 is 0 Å². The minimum absolute atomic E-state index is 0.0115. The SMILES string of the molecule is COCC1(C(=O)Nc2nc(-c3ccc(C)cc3C)cs2)CCNCC1. The van der Waals surface area contributed by atoms with E-state index < -0.39 is 5.41 Å². The molecule has 1 fully saturated rings. The van der Waals surface area contributed by atoms with Crippen LogP contribution in [0.5, 0.6) is 0 Å². The predicted molar refractivity (Wildman–Crippen MR) is 102 cm³/mol. The number of aryl methyl sites for hydroxylation is 2. The first-order valence-corrected chi connectivity index (χ1v) is 9.46. The number of nitrogens with one attached hydrogen (secondary N) is 2. The average molecular weight is 359 g/mol. The number of nitrogens with zero attached hydrogens (tertiary/aromatic N) is 1. The fraction of sp³-hybridized carbons (Fsp3) is 0.474. The predicted octanol–water partition coefficient (Wildman–Crippen LogP) is 3.38. The van der Waals surface area contributed by atoms with Gasteiger partial charge in [-0.2, -0.15) is 0 Å². The van der Waals surface area contributed by atoms with Gasteiger partial charge < -0.3 is 15.4 Å². The second-order valence-electron chi connectivity index (χ2n) is 6.77. The third kappa shape index (κ3) is 3.92. The number of benzene rings is 1. The summed E-state index contributed by atoms with van der Waals surface area (Å²) in [7, 11) is 1.65. The van der Waals surface area contributed by atoms with Crippen molar-refractivity contribution >= 4 is 22.4 Å². The maximum atomic E-state index is 12.9. The van der Waals surface area contributed by atoms with Crippen molar-refractivity contribution in [2.75, 3.05) is 32.1 Å². The van der Waals surface area contributed by atoms with Crippen LogP contribution >= 0.6 is 11.3 Å². The molecule has 0 spiro atoms. The fourth-order valence-corrected chi connectivity index (χ4v) is 4.11. The molecule has 25 heavy (non-hydrogen) atoms. The second-order valence-corrected chi connectivity index (χ2v) is 7.63. The standard InChI is InChI=1S/C19H25N3O2S/c1-13-4-5-15(14(2)10-13)16-11-25-18(21-16)22-17(23)19(12-24-3)6-8-20-9-7-19/h4-5,10-11,20H,6-9,12H2,1-3H3,(H,21,22,23). The Balaban J connectivity index is 1.77. The lowest BCUT2D eigenvalue weighted by atomic mass is 9.79. The van der Waals surface area contributed by atoms with Crippen molar-refractivity contribution in [1.82, 2.24) is 10.3 Å². The highest BCUT2D eigenvalue weighted by molar-refractivity contribution is 7.14. The van der Waals surface area contributed by atoms with Gasteiger partial charge in [0.1, 0.15) is 0 Å². The number of anilines is 1. The Kier molecular flexibility index (Phi) is 5.51. The van der Waals surface area contributed by atoms with E-state index in [-0.39, 0.29) is 5.91 Å². The third-order valence-corrected chi connectivity index (χ3v) is 5.60. The summed E-state index contributed by atoms with van der Waals surface area (Å²) in [6, 6.07) is 6.32. The minimum Gasteiger partial charge on any atom is -0.384 e. The molecular weight excluding hydrogens is 334 g/mol. The average Bonchev–Trinajstić information content (AvgIpc) is 3.04. The third-order valence-electron chi connectivity index (χ3n) is 4.85. The van der Waals surface area contributed by atoms with Crippen molar-refractivity contribution in [3.8, 4) is 11.3 Å². The summed E-state index contributed by atoms with van der Waals surface area (Å²) in [6.07, 6.45) is 1.56. The van der Waals surface area contributed by atoms with Crippen LogP contribution in [0.15, 0.2) is 23.6 Å². The molecule has 0 saturated carbocycles. The molecule has 1 aliphatic rings. The van der Waals surface area contributed by atoms with Gasteiger partial charge in [0, 0.05) is 18.1 Å². The van der Waals surface area contributed by atoms with Gasteiger partial charge in [0.15, 0.2) is 5.13 Å². The van der Waals surface area contributed by atoms with Gasteiger partial charge in [-0.3, -0.25) is 4.79 Å². The first kappa shape index (κ1) is 18.0. The molecule has 1 amide bonds. The number of carbonyl (C=O) groups is 1. The van der Waals surface area contributed by atoms with Gasteiger partial charge in [-0.05, 0) is 45.3 Å². The molecule has 1 aliphatic heterocycles. The van der Waals surface area contributed by atoms with Gasteiger partial charge in [-0.1, -0.05) is 23.8 Å². The molecule has 6 heteroatoms. The van der Waals surface area contributed by atoms with E-state index in [4.69, 9.17) is 4.74 Å². The van der Waals surface area contributed by atoms with Gasteiger partial charge in [-0.15, -0.1) is 11.3 Å². The summed E-state index contributed by atoms with van der Waals surface area (Å²) in [5.41, 5.74) is 3.97. The van der Waals surface area contributed by atoms with E-state index in [9.17, 15) is 4.79 Å². The van der Waals surface area contributed by atoms with Crippen LogP contribution in [0, 0.1) is 19.3 Å². The lowest BCUT2D eigenvalue weighted by Gasteiger charge is -2.35. The van der Waals surface area contributed by atoms with E-state index in [1.807, 2.05) is 5.38 Å². The number of aromatic nitrogens is 1. The quantitative estimate of drug-likeness (QED) is 0.859. The highest BCUT2D eigenvalue weighted by atomic mass is 32.1. The molecule has 2 heterocycles. The number of thiazole rings is 1. The van der Waals surface area contributed by atoms with Crippen molar-refractivity contribution in [3.63, 3.8) is 0 Å². The van der Waals surface area contributed by atoms with E-state index >= 15 is 0 Å². The van der Waals surface area contributed by atoms with Gasteiger partial charge in [0.05, 0.1) is 17.7 Å². The molecule has 0 atom stereocenters. The number of amides is 1. The van der Waals surface area contributed by atoms with Crippen molar-refractivity contribution < 1.29 is 9.53 Å². The number of hydrogen-bond acceptors (Lipinski definition) is 5. The lowest BCUT2D eigenvalue weighted by Crippen LogP contribution is -2.47. The van der Waals surface area contributed by atoms with E-state index in [1.165, 1.54) is 22.5 Å². The van der Waals surface area contributed by atoms with Crippen LogP contribution in [0.4, 0.5) is 5.13 Å². The molecular formula is C19H25N3O2S. The first-order chi connectivity index (χ1) is 12.0. The van der Waals surface area contributed by atoms with Crippen LogP contribution in [-0.2, 0) is 9.53 Å². The zero-order valence-corrected chi connectivity index (χ0v) is 15.8. The van der Waals surface area contributed by atoms with Crippen LogP contribution in [0.1, 0.15) is 24.0 Å². The van der Waals surface area contributed by atoms with Gasteiger partial charge in [0.2, 0.25) is 5.91 Å². The zero-order valence-electron chi connectivity index (χ0n) is 15.0. The summed E-state index contributed by atoms with van der Waals surface area (Å²) in [4.78, 5) is 17.5. The monoisotopic (exact) mass is 359 g/mol. The van der Waals surface area contributed by atoms with Crippen LogP contribution in [0.2, 0.25) is 0 Å². The molecule has 134 valence electrons. The van der Waals surface area contributed by atoms with E-state index in [2.05, 4.69) is 47.7 Å². The molecule has 5 nitrogen and oxygen atoms in total. The largest absolute Gasteiger partial charge is 0.384 e. The van der Waals surface area contributed by atoms with Crippen LogP contribution in [0.3, 0.4) is 0 Å². The molecule has 0 aliphatic carbocycles. The van der Waals surface area contributed by atoms with Gasteiger partial charge in [-0.25, -0.2) is 4.98 Å². The molecule has 2 aromatic rings. The van der Waals surface area contributed by atoms with E-state index in [1.54, 1.807) is 7.11 Å².